The number of carbonyl (C=O) groups excluding carboxylic acids is 2. The van der Waals surface area contributed by atoms with Crippen LogP contribution in [0, 0.1) is 13.8 Å². The van der Waals surface area contributed by atoms with E-state index in [1.807, 2.05) is 41.8 Å². The van der Waals surface area contributed by atoms with E-state index in [-0.39, 0.29) is 11.8 Å². The largest absolute Gasteiger partial charge is 0.341 e. The lowest BCUT2D eigenvalue weighted by atomic mass is 9.84. The van der Waals surface area contributed by atoms with Crippen molar-refractivity contribution >= 4 is 11.8 Å². The molecule has 0 N–H and O–H groups in total. The summed E-state index contributed by atoms with van der Waals surface area (Å²) in [5.41, 5.74) is 2.30. The number of benzene rings is 1. The van der Waals surface area contributed by atoms with E-state index in [9.17, 15) is 9.59 Å². The van der Waals surface area contributed by atoms with Gasteiger partial charge in [-0.1, -0.05) is 19.1 Å². The maximum Gasteiger partial charge on any atom is 0.255 e. The second-order valence-corrected chi connectivity index (χ2v) is 7.24. The smallest absolute Gasteiger partial charge is 0.255 e. The first-order valence-corrected chi connectivity index (χ1v) is 9.19. The average Bonchev–Trinajstić information content (AvgIpc) is 2.99. The Bertz CT molecular complexity index is 653. The van der Waals surface area contributed by atoms with Crippen molar-refractivity contribution in [3.63, 3.8) is 0 Å². The number of piperidine rings is 1. The van der Waals surface area contributed by atoms with Crippen LogP contribution in [0.15, 0.2) is 18.2 Å². The molecule has 0 aromatic heterocycles. The van der Waals surface area contributed by atoms with Gasteiger partial charge in [-0.3, -0.25) is 9.59 Å². The Morgan fingerprint density at radius 2 is 1.88 bits per heavy atom. The normalized spacial score (nSPS) is 24.0. The molecule has 0 saturated carbocycles. The molecule has 2 amide bonds. The van der Waals surface area contributed by atoms with Crippen molar-refractivity contribution in [2.24, 2.45) is 0 Å². The van der Waals surface area contributed by atoms with Crippen LogP contribution in [0.5, 0.6) is 0 Å². The molecule has 1 unspecified atom stereocenters. The molecule has 4 nitrogen and oxygen atoms in total. The van der Waals surface area contributed by atoms with Crippen LogP contribution in [-0.2, 0) is 4.79 Å². The summed E-state index contributed by atoms with van der Waals surface area (Å²) in [5, 5.41) is 0. The molecule has 2 aliphatic rings. The van der Waals surface area contributed by atoms with Crippen LogP contribution >= 0.6 is 0 Å². The van der Waals surface area contributed by atoms with Gasteiger partial charge in [-0.2, -0.15) is 0 Å². The quantitative estimate of drug-likeness (QED) is 0.854. The minimum atomic E-state index is -0.597. The molecule has 1 spiro atoms. The third kappa shape index (κ3) is 2.62. The highest BCUT2D eigenvalue weighted by Crippen LogP contribution is 2.39. The Morgan fingerprint density at radius 3 is 2.58 bits per heavy atom. The Morgan fingerprint density at radius 1 is 1.17 bits per heavy atom. The lowest BCUT2D eigenvalue weighted by Gasteiger charge is -2.44. The van der Waals surface area contributed by atoms with Gasteiger partial charge < -0.3 is 9.80 Å². The third-order valence-corrected chi connectivity index (χ3v) is 5.77. The standard InChI is InChI=1S/C20H28N2O2/c1-4-12-21-13-6-10-20(19(21)24)11-7-14-22(20)18(23)17-9-5-8-15(2)16(17)3/h5,8-9H,4,6-7,10-14H2,1-3H3. The first-order chi connectivity index (χ1) is 11.5. The monoisotopic (exact) mass is 328 g/mol. The first kappa shape index (κ1) is 17.0. The Labute approximate surface area is 144 Å². The Kier molecular flexibility index (Phi) is 4.66. The number of nitrogens with zero attached hydrogens (tertiary/aromatic N) is 2. The zero-order chi connectivity index (χ0) is 17.3. The van der Waals surface area contributed by atoms with Crippen LogP contribution in [0.4, 0.5) is 0 Å². The van der Waals surface area contributed by atoms with Gasteiger partial charge in [0.1, 0.15) is 5.54 Å². The van der Waals surface area contributed by atoms with E-state index in [0.717, 1.165) is 61.9 Å². The van der Waals surface area contributed by atoms with Crippen molar-refractivity contribution in [1.82, 2.24) is 9.80 Å². The minimum absolute atomic E-state index is 0.0281. The van der Waals surface area contributed by atoms with Gasteiger partial charge in [0.05, 0.1) is 0 Å². The predicted molar refractivity (Wildman–Crippen MR) is 95.0 cm³/mol. The second kappa shape index (κ2) is 6.58. The van der Waals surface area contributed by atoms with Crippen molar-refractivity contribution in [2.75, 3.05) is 19.6 Å². The fraction of sp³-hybridized carbons (Fsp3) is 0.600. The molecule has 2 saturated heterocycles. The lowest BCUT2D eigenvalue weighted by Crippen LogP contribution is -2.61. The number of amides is 2. The summed E-state index contributed by atoms with van der Waals surface area (Å²) in [6.45, 7) is 8.45. The Hall–Kier alpha value is -1.84. The summed E-state index contributed by atoms with van der Waals surface area (Å²) in [4.78, 5) is 30.3. The summed E-state index contributed by atoms with van der Waals surface area (Å²) in [7, 11) is 0. The van der Waals surface area contributed by atoms with Crippen molar-refractivity contribution in [2.45, 2.75) is 58.4 Å². The van der Waals surface area contributed by atoms with Crippen LogP contribution in [0.1, 0.15) is 60.5 Å². The van der Waals surface area contributed by atoms with Crippen LogP contribution in [-0.4, -0.2) is 46.8 Å². The zero-order valence-electron chi connectivity index (χ0n) is 15.1. The van der Waals surface area contributed by atoms with Gasteiger partial charge >= 0.3 is 0 Å². The van der Waals surface area contributed by atoms with Gasteiger partial charge in [-0.25, -0.2) is 0 Å². The summed E-state index contributed by atoms with van der Waals surface area (Å²) < 4.78 is 0. The van der Waals surface area contributed by atoms with E-state index in [2.05, 4.69) is 6.92 Å². The van der Waals surface area contributed by atoms with Crippen molar-refractivity contribution in [3.8, 4) is 0 Å². The van der Waals surface area contributed by atoms with Gasteiger partial charge in [0.2, 0.25) is 5.91 Å². The molecule has 1 aromatic rings. The third-order valence-electron chi connectivity index (χ3n) is 5.77. The molecule has 1 atom stereocenters. The topological polar surface area (TPSA) is 40.6 Å². The molecule has 0 aliphatic carbocycles. The SMILES string of the molecule is CCCN1CCCC2(CCCN2C(=O)c2cccc(C)c2C)C1=O. The minimum Gasteiger partial charge on any atom is -0.341 e. The molecule has 4 heteroatoms. The molecule has 2 heterocycles. The second-order valence-electron chi connectivity index (χ2n) is 7.24. The summed E-state index contributed by atoms with van der Waals surface area (Å²) in [6, 6.07) is 5.86. The van der Waals surface area contributed by atoms with Crippen molar-refractivity contribution in [1.29, 1.82) is 0 Å². The molecular formula is C20H28N2O2. The van der Waals surface area contributed by atoms with Crippen LogP contribution in [0.3, 0.4) is 0 Å². The summed E-state index contributed by atoms with van der Waals surface area (Å²) in [5.74, 6) is 0.201. The highest BCUT2D eigenvalue weighted by atomic mass is 16.2. The maximum atomic E-state index is 13.3. The first-order valence-electron chi connectivity index (χ1n) is 9.19. The van der Waals surface area contributed by atoms with E-state index in [1.165, 1.54) is 0 Å². The number of carbonyl (C=O) groups is 2. The molecule has 3 rings (SSSR count). The molecule has 2 aliphatic heterocycles. The zero-order valence-corrected chi connectivity index (χ0v) is 15.1. The number of hydrogen-bond acceptors (Lipinski definition) is 2. The van der Waals surface area contributed by atoms with Crippen LogP contribution < -0.4 is 0 Å². The maximum absolute atomic E-state index is 13.3. The van der Waals surface area contributed by atoms with Gasteiger partial charge in [0, 0.05) is 25.2 Å². The van der Waals surface area contributed by atoms with E-state index in [0.29, 0.717) is 6.54 Å². The summed E-state index contributed by atoms with van der Waals surface area (Å²) in [6.07, 6.45) is 4.49. The molecule has 0 bridgehead atoms. The highest BCUT2D eigenvalue weighted by molar-refractivity contribution is 6.01. The molecule has 2 fully saturated rings. The van der Waals surface area contributed by atoms with Crippen molar-refractivity contribution in [3.05, 3.63) is 34.9 Å². The van der Waals surface area contributed by atoms with E-state index in [1.54, 1.807) is 0 Å². The van der Waals surface area contributed by atoms with E-state index in [4.69, 9.17) is 0 Å². The average molecular weight is 328 g/mol. The van der Waals surface area contributed by atoms with Gasteiger partial charge in [-0.05, 0) is 63.1 Å². The van der Waals surface area contributed by atoms with Crippen LogP contribution in [0.2, 0.25) is 0 Å². The fourth-order valence-electron chi connectivity index (χ4n) is 4.33. The molecular weight excluding hydrogens is 300 g/mol. The van der Waals surface area contributed by atoms with E-state index >= 15 is 0 Å². The van der Waals surface area contributed by atoms with Gasteiger partial charge in [-0.15, -0.1) is 0 Å². The molecule has 0 radical (unpaired) electrons. The number of aryl methyl sites for hydroxylation is 1. The van der Waals surface area contributed by atoms with Crippen molar-refractivity contribution < 1.29 is 9.59 Å². The van der Waals surface area contributed by atoms with Crippen LogP contribution in [0.25, 0.3) is 0 Å². The number of rotatable bonds is 3. The highest BCUT2D eigenvalue weighted by Gasteiger charge is 2.52. The molecule has 24 heavy (non-hydrogen) atoms. The number of likely N-dealkylation sites (tertiary alicyclic amines) is 2. The number of hydrogen-bond donors (Lipinski definition) is 0. The molecule has 1 aromatic carbocycles. The Balaban J connectivity index is 1.94. The lowest BCUT2D eigenvalue weighted by molar-refractivity contribution is -0.145. The fourth-order valence-corrected chi connectivity index (χ4v) is 4.33. The summed E-state index contributed by atoms with van der Waals surface area (Å²) >= 11 is 0. The predicted octanol–water partition coefficient (Wildman–Crippen LogP) is 3.31. The van der Waals surface area contributed by atoms with Gasteiger partial charge in [0.15, 0.2) is 0 Å². The van der Waals surface area contributed by atoms with Gasteiger partial charge in [0.25, 0.3) is 5.91 Å². The molecule has 130 valence electrons. The van der Waals surface area contributed by atoms with E-state index < -0.39 is 5.54 Å².